The molecule has 1 saturated carbocycles. The molecule has 1 fully saturated rings. The van der Waals surface area contributed by atoms with Gasteiger partial charge in [-0.2, -0.15) is 0 Å². The molecule has 2 atom stereocenters. The Morgan fingerprint density at radius 1 is 1.38 bits per heavy atom. The van der Waals surface area contributed by atoms with Crippen molar-refractivity contribution in [1.82, 2.24) is 5.32 Å². The minimum Gasteiger partial charge on any atom is -0.459 e. The number of furan rings is 1. The molecule has 2 aliphatic carbocycles. The van der Waals surface area contributed by atoms with Crippen LogP contribution >= 0.6 is 0 Å². The van der Waals surface area contributed by atoms with Crippen LogP contribution in [0.2, 0.25) is 0 Å². The van der Waals surface area contributed by atoms with E-state index in [0.29, 0.717) is 17.1 Å². The van der Waals surface area contributed by atoms with Crippen LogP contribution in [0, 0.1) is 12.8 Å². The van der Waals surface area contributed by atoms with Gasteiger partial charge in [-0.25, -0.2) is 0 Å². The molecular formula is C18H19NO2. The van der Waals surface area contributed by atoms with Gasteiger partial charge in [0.1, 0.15) is 0 Å². The second-order valence-electron chi connectivity index (χ2n) is 6.36. The molecule has 3 nitrogen and oxygen atoms in total. The maximum Gasteiger partial charge on any atom is 0.287 e. The fourth-order valence-corrected chi connectivity index (χ4v) is 3.90. The van der Waals surface area contributed by atoms with Crippen LogP contribution in [0.4, 0.5) is 0 Å². The van der Waals surface area contributed by atoms with E-state index in [1.54, 1.807) is 6.26 Å². The Morgan fingerprint density at radius 2 is 2.24 bits per heavy atom. The van der Waals surface area contributed by atoms with Crippen molar-refractivity contribution in [3.63, 3.8) is 0 Å². The topological polar surface area (TPSA) is 42.2 Å². The second kappa shape index (κ2) is 4.48. The van der Waals surface area contributed by atoms with Crippen molar-refractivity contribution in [3.05, 3.63) is 59.0 Å². The molecule has 0 saturated heterocycles. The van der Waals surface area contributed by atoms with Gasteiger partial charge in [0, 0.05) is 17.5 Å². The summed E-state index contributed by atoms with van der Waals surface area (Å²) in [6.07, 6.45) is 5.17. The molecule has 4 rings (SSSR count). The molecule has 0 bridgehead atoms. The molecule has 2 unspecified atom stereocenters. The number of benzene rings is 1. The van der Waals surface area contributed by atoms with Gasteiger partial charge in [-0.3, -0.25) is 4.79 Å². The Balaban J connectivity index is 1.43. The molecule has 2 aliphatic rings. The average molecular weight is 281 g/mol. The number of carbonyl (C=O) groups is 1. The number of hydrogen-bond acceptors (Lipinski definition) is 2. The van der Waals surface area contributed by atoms with Gasteiger partial charge in [0.05, 0.1) is 6.26 Å². The summed E-state index contributed by atoms with van der Waals surface area (Å²) >= 11 is 0. The van der Waals surface area contributed by atoms with Gasteiger partial charge in [0.2, 0.25) is 0 Å². The molecule has 1 N–H and O–H groups in total. The van der Waals surface area contributed by atoms with Gasteiger partial charge in [0.15, 0.2) is 5.76 Å². The van der Waals surface area contributed by atoms with E-state index in [-0.39, 0.29) is 5.91 Å². The summed E-state index contributed by atoms with van der Waals surface area (Å²) < 4.78 is 5.24. The Morgan fingerprint density at radius 3 is 3.05 bits per heavy atom. The summed E-state index contributed by atoms with van der Waals surface area (Å²) in [5, 5.41) is 3.04. The Labute approximate surface area is 124 Å². The first kappa shape index (κ1) is 12.7. The number of fused-ring (bicyclic) bond motifs is 2. The summed E-state index contributed by atoms with van der Waals surface area (Å²) in [4.78, 5) is 12.1. The van der Waals surface area contributed by atoms with Gasteiger partial charge < -0.3 is 9.73 Å². The standard InChI is InChI=1S/C18H19NO2/c1-12-7-9-21-16(12)17(20)19-11-14-10-18(14)8-6-13-4-2-3-5-15(13)18/h2-5,7,9,14H,6,8,10-11H2,1H3,(H,19,20). The van der Waals surface area contributed by atoms with Crippen molar-refractivity contribution in [2.45, 2.75) is 31.6 Å². The minimum absolute atomic E-state index is 0.0918. The Kier molecular flexibility index (Phi) is 2.71. The zero-order valence-corrected chi connectivity index (χ0v) is 12.2. The van der Waals surface area contributed by atoms with Crippen LogP contribution in [-0.4, -0.2) is 12.5 Å². The number of nitrogens with one attached hydrogen (secondary N) is 1. The number of hydrogen-bond donors (Lipinski definition) is 1. The third kappa shape index (κ3) is 1.91. The highest BCUT2D eigenvalue weighted by Gasteiger charge is 2.57. The first-order valence-electron chi connectivity index (χ1n) is 7.61. The maximum absolute atomic E-state index is 12.1. The lowest BCUT2D eigenvalue weighted by molar-refractivity contribution is 0.0922. The van der Waals surface area contributed by atoms with Crippen LogP contribution in [0.5, 0.6) is 0 Å². The lowest BCUT2D eigenvalue weighted by atomic mass is 9.95. The van der Waals surface area contributed by atoms with Gasteiger partial charge in [-0.05, 0) is 49.3 Å². The van der Waals surface area contributed by atoms with E-state index in [1.807, 2.05) is 13.0 Å². The summed E-state index contributed by atoms with van der Waals surface area (Å²) in [6.45, 7) is 2.64. The third-order valence-electron chi connectivity index (χ3n) is 5.20. The Bertz CT molecular complexity index is 703. The molecule has 1 heterocycles. The van der Waals surface area contributed by atoms with Crippen LogP contribution in [0.25, 0.3) is 0 Å². The van der Waals surface area contributed by atoms with Gasteiger partial charge >= 0.3 is 0 Å². The van der Waals surface area contributed by atoms with Crippen LogP contribution in [0.3, 0.4) is 0 Å². The minimum atomic E-state index is -0.0918. The van der Waals surface area contributed by atoms with E-state index in [4.69, 9.17) is 4.42 Å². The molecule has 1 aromatic carbocycles. The summed E-state index contributed by atoms with van der Waals surface area (Å²) in [6, 6.07) is 10.6. The molecule has 1 aromatic heterocycles. The molecule has 2 aromatic rings. The molecule has 1 spiro atoms. The van der Waals surface area contributed by atoms with E-state index >= 15 is 0 Å². The summed E-state index contributed by atoms with van der Waals surface area (Å²) in [5.74, 6) is 0.919. The third-order valence-corrected chi connectivity index (χ3v) is 5.20. The molecule has 3 heteroatoms. The quantitative estimate of drug-likeness (QED) is 0.938. The molecule has 108 valence electrons. The van der Waals surface area contributed by atoms with Crippen molar-refractivity contribution < 1.29 is 9.21 Å². The smallest absolute Gasteiger partial charge is 0.287 e. The van der Waals surface area contributed by atoms with Crippen molar-refractivity contribution in [1.29, 1.82) is 0 Å². The van der Waals surface area contributed by atoms with E-state index < -0.39 is 0 Å². The first-order chi connectivity index (χ1) is 10.2. The highest BCUT2D eigenvalue weighted by molar-refractivity contribution is 5.92. The first-order valence-corrected chi connectivity index (χ1v) is 7.61. The zero-order chi connectivity index (χ0) is 14.4. The van der Waals surface area contributed by atoms with E-state index in [2.05, 4.69) is 29.6 Å². The van der Waals surface area contributed by atoms with Crippen LogP contribution < -0.4 is 5.32 Å². The highest BCUT2D eigenvalue weighted by atomic mass is 16.3. The molecule has 0 radical (unpaired) electrons. The van der Waals surface area contributed by atoms with Gasteiger partial charge in [0.25, 0.3) is 5.91 Å². The van der Waals surface area contributed by atoms with Crippen LogP contribution in [0.15, 0.2) is 41.0 Å². The molecule has 0 aliphatic heterocycles. The van der Waals surface area contributed by atoms with E-state index in [0.717, 1.165) is 12.1 Å². The fourth-order valence-electron chi connectivity index (χ4n) is 3.90. The maximum atomic E-state index is 12.1. The van der Waals surface area contributed by atoms with Crippen LogP contribution in [0.1, 0.15) is 40.1 Å². The number of rotatable bonds is 3. The Hall–Kier alpha value is -2.03. The zero-order valence-electron chi connectivity index (χ0n) is 12.2. The number of amides is 1. The lowest BCUT2D eigenvalue weighted by Gasteiger charge is -2.12. The van der Waals surface area contributed by atoms with Gasteiger partial charge in [-0.15, -0.1) is 0 Å². The molecular weight excluding hydrogens is 262 g/mol. The summed E-state index contributed by atoms with van der Waals surface area (Å²) in [7, 11) is 0. The lowest BCUT2D eigenvalue weighted by Crippen LogP contribution is -2.27. The molecule has 1 amide bonds. The van der Waals surface area contributed by atoms with E-state index in [9.17, 15) is 4.79 Å². The van der Waals surface area contributed by atoms with Crippen molar-refractivity contribution in [2.75, 3.05) is 6.54 Å². The number of aryl methyl sites for hydroxylation is 2. The van der Waals surface area contributed by atoms with Crippen LogP contribution in [-0.2, 0) is 11.8 Å². The van der Waals surface area contributed by atoms with Gasteiger partial charge in [-0.1, -0.05) is 24.3 Å². The fraction of sp³-hybridized carbons (Fsp3) is 0.389. The largest absolute Gasteiger partial charge is 0.459 e. The van der Waals surface area contributed by atoms with Crippen molar-refractivity contribution >= 4 is 5.91 Å². The SMILES string of the molecule is Cc1ccoc1C(=O)NCC1CC12CCc1ccccc12. The van der Waals surface area contributed by atoms with Crippen molar-refractivity contribution in [3.8, 4) is 0 Å². The summed E-state index contributed by atoms with van der Waals surface area (Å²) in [5.41, 5.74) is 4.23. The monoisotopic (exact) mass is 281 g/mol. The highest BCUT2D eigenvalue weighted by Crippen LogP contribution is 2.61. The van der Waals surface area contributed by atoms with Crippen molar-refractivity contribution in [2.24, 2.45) is 5.92 Å². The normalized spacial score (nSPS) is 25.9. The molecule has 21 heavy (non-hydrogen) atoms. The average Bonchev–Trinajstić information content (AvgIpc) is 2.82. The predicted molar refractivity (Wildman–Crippen MR) is 80.3 cm³/mol. The number of carbonyl (C=O) groups excluding carboxylic acids is 1. The van der Waals surface area contributed by atoms with E-state index in [1.165, 1.54) is 30.4 Å². The predicted octanol–water partition coefficient (Wildman–Crippen LogP) is 3.22. The second-order valence-corrected chi connectivity index (χ2v) is 6.36.